The van der Waals surface area contributed by atoms with Crippen LogP contribution in [0.5, 0.6) is 0 Å². The van der Waals surface area contributed by atoms with Crippen LogP contribution in [0.15, 0.2) is 16.7 Å². The lowest BCUT2D eigenvalue weighted by molar-refractivity contribution is -0.123. The van der Waals surface area contributed by atoms with Gasteiger partial charge in [-0.1, -0.05) is 11.6 Å². The van der Waals surface area contributed by atoms with Crippen LogP contribution >= 0.6 is 27.5 Å². The zero-order valence-corrected chi connectivity index (χ0v) is 13.3. The Labute approximate surface area is 130 Å². The largest absolute Gasteiger partial charge is 0.369 e. The molecule has 2 heterocycles. The first kappa shape index (κ1) is 15.3. The average molecular weight is 361 g/mol. The first-order valence-electron chi connectivity index (χ1n) is 6.31. The van der Waals surface area contributed by atoms with Crippen LogP contribution in [0.4, 0.5) is 0 Å². The monoisotopic (exact) mass is 359 g/mol. The summed E-state index contributed by atoms with van der Waals surface area (Å²) >= 11 is 9.26. The minimum atomic E-state index is -0.367. The number of pyridine rings is 1. The van der Waals surface area contributed by atoms with E-state index in [-0.39, 0.29) is 28.9 Å². The van der Waals surface area contributed by atoms with Crippen molar-refractivity contribution in [2.45, 2.75) is 25.8 Å². The van der Waals surface area contributed by atoms with Crippen molar-refractivity contribution in [2.24, 2.45) is 11.7 Å². The molecular weight excluding hydrogens is 346 g/mol. The Morgan fingerprint density at radius 2 is 2.20 bits per heavy atom. The number of hydrogen-bond donors (Lipinski definition) is 1. The van der Waals surface area contributed by atoms with Crippen molar-refractivity contribution in [2.75, 3.05) is 6.54 Å². The topological polar surface area (TPSA) is 76.3 Å². The first-order valence-corrected chi connectivity index (χ1v) is 7.48. The molecule has 2 atom stereocenters. The summed E-state index contributed by atoms with van der Waals surface area (Å²) in [5.41, 5.74) is 5.68. The van der Waals surface area contributed by atoms with Gasteiger partial charge in [-0.3, -0.25) is 9.59 Å². The van der Waals surface area contributed by atoms with Gasteiger partial charge in [0.25, 0.3) is 5.91 Å². The lowest BCUT2D eigenvalue weighted by atomic mass is 9.92. The number of nitrogens with two attached hydrogens (primary N) is 1. The van der Waals surface area contributed by atoms with Crippen LogP contribution in [0.1, 0.15) is 30.1 Å². The molecule has 2 N–H and O–H groups in total. The van der Waals surface area contributed by atoms with Gasteiger partial charge in [-0.05, 0) is 41.8 Å². The van der Waals surface area contributed by atoms with Crippen molar-refractivity contribution in [3.8, 4) is 0 Å². The summed E-state index contributed by atoms with van der Waals surface area (Å²) < 4.78 is 0.682. The fraction of sp³-hybridized carbons (Fsp3) is 0.462. The van der Waals surface area contributed by atoms with Crippen LogP contribution in [0.25, 0.3) is 0 Å². The fourth-order valence-electron chi connectivity index (χ4n) is 2.35. The second kappa shape index (κ2) is 6.10. The summed E-state index contributed by atoms with van der Waals surface area (Å²) in [6.07, 6.45) is 2.99. The van der Waals surface area contributed by atoms with E-state index in [0.717, 1.165) is 6.42 Å². The van der Waals surface area contributed by atoms with E-state index >= 15 is 0 Å². The molecule has 5 nitrogen and oxygen atoms in total. The highest BCUT2D eigenvalue weighted by Crippen LogP contribution is 2.26. The Morgan fingerprint density at radius 3 is 2.85 bits per heavy atom. The zero-order valence-electron chi connectivity index (χ0n) is 11.0. The third-order valence-corrected chi connectivity index (χ3v) is 4.32. The number of aromatic nitrogens is 1. The number of carbonyl (C=O) groups excluding carboxylic acids is 2. The molecule has 1 aromatic heterocycles. The van der Waals surface area contributed by atoms with E-state index in [9.17, 15) is 9.59 Å². The van der Waals surface area contributed by atoms with Gasteiger partial charge in [0.05, 0.1) is 11.5 Å². The predicted octanol–water partition coefficient (Wildman–Crippen LogP) is 2.22. The number of primary amides is 1. The molecule has 1 aliphatic heterocycles. The molecule has 108 valence electrons. The normalized spacial score (nSPS) is 22.6. The van der Waals surface area contributed by atoms with Gasteiger partial charge in [0.1, 0.15) is 5.15 Å². The summed E-state index contributed by atoms with van der Waals surface area (Å²) in [4.78, 5) is 29.5. The summed E-state index contributed by atoms with van der Waals surface area (Å²) in [6.45, 7) is 2.28. The number of likely N-dealkylation sites (tertiary alicyclic amines) is 1. The van der Waals surface area contributed by atoms with Gasteiger partial charge >= 0.3 is 0 Å². The van der Waals surface area contributed by atoms with Crippen molar-refractivity contribution in [3.63, 3.8) is 0 Å². The molecule has 0 spiro atoms. The third-order valence-electron chi connectivity index (χ3n) is 3.58. The molecule has 0 aliphatic carbocycles. The predicted molar refractivity (Wildman–Crippen MR) is 79.4 cm³/mol. The maximum absolute atomic E-state index is 12.6. The van der Waals surface area contributed by atoms with Gasteiger partial charge in [0.15, 0.2) is 0 Å². The van der Waals surface area contributed by atoms with Crippen molar-refractivity contribution < 1.29 is 9.59 Å². The highest BCUT2D eigenvalue weighted by atomic mass is 79.9. The minimum absolute atomic E-state index is 0.0492. The van der Waals surface area contributed by atoms with Crippen LogP contribution in [-0.2, 0) is 4.79 Å². The lowest BCUT2D eigenvalue weighted by Gasteiger charge is -2.37. The maximum Gasteiger partial charge on any atom is 0.257 e. The standard InChI is InChI=1S/C13H15BrClN3O2/c1-7-2-3-8(12(16)19)6-18(7)13(20)10-4-9(14)5-17-11(10)15/h4-5,7-8H,2-3,6H2,1H3,(H2,16,19). The molecule has 0 radical (unpaired) electrons. The van der Waals surface area contributed by atoms with Gasteiger partial charge in [0, 0.05) is 23.3 Å². The quantitative estimate of drug-likeness (QED) is 0.822. The summed E-state index contributed by atoms with van der Waals surface area (Å²) in [7, 11) is 0. The molecule has 0 saturated carbocycles. The van der Waals surface area contributed by atoms with Gasteiger partial charge in [-0.25, -0.2) is 4.98 Å². The Bertz CT molecular complexity index is 552. The lowest BCUT2D eigenvalue weighted by Crippen LogP contribution is -2.48. The van der Waals surface area contributed by atoms with E-state index in [2.05, 4.69) is 20.9 Å². The van der Waals surface area contributed by atoms with Crippen LogP contribution in [0.3, 0.4) is 0 Å². The number of nitrogens with zero attached hydrogens (tertiary/aromatic N) is 2. The second-order valence-corrected chi connectivity index (χ2v) is 6.25. The maximum atomic E-state index is 12.6. The van der Waals surface area contributed by atoms with Crippen LogP contribution in [0, 0.1) is 5.92 Å². The number of amides is 2. The highest BCUT2D eigenvalue weighted by molar-refractivity contribution is 9.10. The van der Waals surface area contributed by atoms with Crippen molar-refractivity contribution in [3.05, 3.63) is 27.5 Å². The molecule has 1 fully saturated rings. The van der Waals surface area contributed by atoms with Crippen molar-refractivity contribution >= 4 is 39.3 Å². The summed E-state index contributed by atoms with van der Waals surface area (Å²) in [5.74, 6) is -0.885. The molecular formula is C13H15BrClN3O2. The Hall–Kier alpha value is -1.14. The molecule has 2 unspecified atom stereocenters. The van der Waals surface area contributed by atoms with E-state index in [1.54, 1.807) is 11.0 Å². The molecule has 20 heavy (non-hydrogen) atoms. The number of hydrogen-bond acceptors (Lipinski definition) is 3. The molecule has 2 amide bonds. The van der Waals surface area contributed by atoms with Crippen molar-refractivity contribution in [1.82, 2.24) is 9.88 Å². The number of piperidine rings is 1. The zero-order chi connectivity index (χ0) is 14.9. The van der Waals surface area contributed by atoms with E-state index in [4.69, 9.17) is 17.3 Å². The van der Waals surface area contributed by atoms with E-state index in [0.29, 0.717) is 23.0 Å². The number of rotatable bonds is 2. The molecule has 1 aliphatic rings. The molecule has 7 heteroatoms. The molecule has 2 rings (SSSR count). The van der Waals surface area contributed by atoms with E-state index in [1.165, 1.54) is 6.20 Å². The first-order chi connectivity index (χ1) is 9.40. The Kier molecular flexibility index (Phi) is 4.65. The fourth-order valence-corrected chi connectivity index (χ4v) is 2.86. The molecule has 0 bridgehead atoms. The number of carbonyl (C=O) groups is 2. The van der Waals surface area contributed by atoms with Gasteiger partial charge in [0.2, 0.25) is 5.91 Å². The molecule has 0 aromatic carbocycles. The average Bonchev–Trinajstić information content (AvgIpc) is 2.41. The Balaban J connectivity index is 2.26. The van der Waals surface area contributed by atoms with Gasteiger partial charge in [-0.15, -0.1) is 0 Å². The summed E-state index contributed by atoms with van der Waals surface area (Å²) in [6, 6.07) is 1.69. The number of halogens is 2. The third kappa shape index (κ3) is 3.12. The van der Waals surface area contributed by atoms with Crippen LogP contribution in [0.2, 0.25) is 5.15 Å². The minimum Gasteiger partial charge on any atom is -0.369 e. The van der Waals surface area contributed by atoms with E-state index in [1.807, 2.05) is 6.92 Å². The van der Waals surface area contributed by atoms with Gasteiger partial charge in [-0.2, -0.15) is 0 Å². The summed E-state index contributed by atoms with van der Waals surface area (Å²) in [5, 5.41) is 0.159. The molecule has 1 aromatic rings. The second-order valence-electron chi connectivity index (χ2n) is 4.98. The Morgan fingerprint density at radius 1 is 1.50 bits per heavy atom. The van der Waals surface area contributed by atoms with Crippen LogP contribution < -0.4 is 5.73 Å². The SMILES string of the molecule is CC1CCC(C(N)=O)CN1C(=O)c1cc(Br)cnc1Cl. The van der Waals surface area contributed by atoms with Crippen molar-refractivity contribution in [1.29, 1.82) is 0 Å². The smallest absolute Gasteiger partial charge is 0.257 e. The highest BCUT2D eigenvalue weighted by Gasteiger charge is 2.33. The molecule has 1 saturated heterocycles. The van der Waals surface area contributed by atoms with Gasteiger partial charge < -0.3 is 10.6 Å². The van der Waals surface area contributed by atoms with E-state index < -0.39 is 0 Å². The van der Waals surface area contributed by atoms with Crippen LogP contribution in [-0.4, -0.2) is 34.3 Å².